The Morgan fingerprint density at radius 2 is 1.88 bits per heavy atom. The maximum Gasteiger partial charge on any atom is 0.298 e. The van der Waals surface area contributed by atoms with Crippen molar-refractivity contribution < 1.29 is 19.2 Å². The number of nitrogen functional groups attached to an aromatic ring is 1. The van der Waals surface area contributed by atoms with Crippen molar-refractivity contribution in [2.75, 3.05) is 17.7 Å². The number of imide groups is 1. The number of methoxy groups -OCH3 is 1. The van der Waals surface area contributed by atoms with Crippen molar-refractivity contribution in [3.8, 4) is 5.75 Å². The fourth-order valence-electron chi connectivity index (χ4n) is 2.37. The number of thioether (sulfide) groups is 1. The first-order valence-electron chi connectivity index (χ1n) is 7.36. The Morgan fingerprint density at radius 3 is 2.50 bits per heavy atom. The predicted molar refractivity (Wildman–Crippen MR) is 99.0 cm³/mol. The average molecular weight is 371 g/mol. The molecule has 0 bridgehead atoms. The number of carbonyl (C=O) groups is 2. The summed E-state index contributed by atoms with van der Waals surface area (Å²) in [5, 5.41) is 10.4. The lowest BCUT2D eigenvalue weighted by Gasteiger charge is -2.14. The molecule has 132 valence electrons. The molecule has 0 unspecified atom stereocenters. The van der Waals surface area contributed by atoms with Crippen molar-refractivity contribution in [3.63, 3.8) is 0 Å². The first kappa shape index (κ1) is 17.5. The number of rotatable bonds is 4. The minimum Gasteiger partial charge on any atom is -0.497 e. The fraction of sp³-hybridized carbons (Fsp3) is 0.0588. The first-order valence-corrected chi connectivity index (χ1v) is 8.18. The zero-order valence-electron chi connectivity index (χ0n) is 13.5. The molecule has 2 aromatic rings. The molecule has 0 radical (unpaired) electrons. The van der Waals surface area contributed by atoms with E-state index in [4.69, 9.17) is 10.5 Å². The quantitative estimate of drug-likeness (QED) is 0.379. The van der Waals surface area contributed by atoms with Crippen molar-refractivity contribution in [2.45, 2.75) is 0 Å². The highest BCUT2D eigenvalue weighted by Gasteiger charge is 2.37. The van der Waals surface area contributed by atoms with Crippen LogP contribution < -0.4 is 15.4 Å². The summed E-state index contributed by atoms with van der Waals surface area (Å²) in [7, 11) is 1.55. The molecule has 1 heterocycles. The van der Waals surface area contributed by atoms with Gasteiger partial charge in [-0.1, -0.05) is 12.1 Å². The fourth-order valence-corrected chi connectivity index (χ4v) is 3.20. The summed E-state index contributed by atoms with van der Waals surface area (Å²) in [6, 6.07) is 10.6. The Bertz CT molecular complexity index is 940. The smallest absolute Gasteiger partial charge is 0.298 e. The van der Waals surface area contributed by atoms with Crippen LogP contribution in [-0.4, -0.2) is 23.2 Å². The van der Waals surface area contributed by atoms with Gasteiger partial charge in [-0.05, 0) is 41.6 Å². The van der Waals surface area contributed by atoms with Gasteiger partial charge in [0.25, 0.3) is 16.8 Å². The van der Waals surface area contributed by atoms with E-state index in [-0.39, 0.29) is 22.0 Å². The zero-order valence-corrected chi connectivity index (χ0v) is 14.4. The number of hydrogen-bond acceptors (Lipinski definition) is 7. The minimum atomic E-state index is -0.616. The SMILES string of the molecule is COc1ccc(C=C2SC(=O)N(c3cc([N+](=O)[O-])ccc3N)C2=O)cc1. The van der Waals surface area contributed by atoms with E-state index in [1.54, 1.807) is 37.5 Å². The second-order valence-corrected chi connectivity index (χ2v) is 6.28. The summed E-state index contributed by atoms with van der Waals surface area (Å²) in [5.41, 5.74) is 6.37. The van der Waals surface area contributed by atoms with Crippen molar-refractivity contribution >= 4 is 46.0 Å². The van der Waals surface area contributed by atoms with E-state index in [2.05, 4.69) is 0 Å². The number of nitrogens with zero attached hydrogens (tertiary/aromatic N) is 2. The van der Waals surface area contributed by atoms with Crippen LogP contribution in [0.4, 0.5) is 21.9 Å². The summed E-state index contributed by atoms with van der Waals surface area (Å²) >= 11 is 0.746. The van der Waals surface area contributed by atoms with E-state index in [1.165, 1.54) is 12.1 Å². The Hall–Kier alpha value is -3.33. The first-order chi connectivity index (χ1) is 12.4. The number of benzene rings is 2. The summed E-state index contributed by atoms with van der Waals surface area (Å²) in [6.45, 7) is 0. The van der Waals surface area contributed by atoms with Gasteiger partial charge in [0.05, 0.1) is 28.3 Å². The maximum absolute atomic E-state index is 12.6. The van der Waals surface area contributed by atoms with Crippen LogP contribution in [0.25, 0.3) is 6.08 Å². The molecule has 9 heteroatoms. The van der Waals surface area contributed by atoms with Gasteiger partial charge in [-0.2, -0.15) is 0 Å². The molecule has 0 aromatic heterocycles. The molecule has 0 aliphatic carbocycles. The van der Waals surface area contributed by atoms with E-state index >= 15 is 0 Å². The molecule has 1 saturated heterocycles. The number of nitro benzene ring substituents is 1. The van der Waals surface area contributed by atoms with E-state index in [0.717, 1.165) is 22.7 Å². The van der Waals surface area contributed by atoms with Gasteiger partial charge in [-0.3, -0.25) is 19.7 Å². The summed E-state index contributed by atoms with van der Waals surface area (Å²) in [4.78, 5) is 36.3. The van der Waals surface area contributed by atoms with E-state index in [0.29, 0.717) is 11.3 Å². The molecule has 3 rings (SSSR count). The van der Waals surface area contributed by atoms with E-state index < -0.39 is 16.1 Å². The van der Waals surface area contributed by atoms with E-state index in [9.17, 15) is 19.7 Å². The summed E-state index contributed by atoms with van der Waals surface area (Å²) < 4.78 is 5.07. The summed E-state index contributed by atoms with van der Waals surface area (Å²) in [5.74, 6) is 0.0858. The van der Waals surface area contributed by atoms with Crippen LogP contribution in [0.1, 0.15) is 5.56 Å². The van der Waals surface area contributed by atoms with Crippen LogP contribution in [0.5, 0.6) is 5.75 Å². The number of ether oxygens (including phenoxy) is 1. The molecule has 0 saturated carbocycles. The molecule has 2 amide bonds. The molecule has 1 aliphatic rings. The predicted octanol–water partition coefficient (Wildman–Crippen LogP) is 3.43. The van der Waals surface area contributed by atoms with Crippen molar-refractivity contribution in [3.05, 3.63) is 63.0 Å². The lowest BCUT2D eigenvalue weighted by molar-refractivity contribution is -0.384. The molecular weight excluding hydrogens is 358 g/mol. The van der Waals surface area contributed by atoms with Gasteiger partial charge < -0.3 is 10.5 Å². The van der Waals surface area contributed by atoms with Gasteiger partial charge in [0.1, 0.15) is 5.75 Å². The normalized spacial score (nSPS) is 15.6. The third-order valence-electron chi connectivity index (χ3n) is 3.67. The van der Waals surface area contributed by atoms with Crippen LogP contribution in [0, 0.1) is 10.1 Å². The molecule has 1 aliphatic heterocycles. The van der Waals surface area contributed by atoms with E-state index in [1.807, 2.05) is 0 Å². The number of non-ortho nitro benzene ring substituents is 1. The maximum atomic E-state index is 12.6. The van der Waals surface area contributed by atoms with Crippen LogP contribution in [0.3, 0.4) is 0 Å². The van der Waals surface area contributed by atoms with Gasteiger partial charge in [-0.15, -0.1) is 0 Å². The molecule has 0 atom stereocenters. The molecule has 2 N–H and O–H groups in total. The average Bonchev–Trinajstić information content (AvgIpc) is 2.89. The number of nitrogens with two attached hydrogens (primary N) is 1. The molecule has 26 heavy (non-hydrogen) atoms. The second-order valence-electron chi connectivity index (χ2n) is 5.29. The molecule has 1 fully saturated rings. The number of amides is 2. The Kier molecular flexibility index (Phi) is 4.63. The lowest BCUT2D eigenvalue weighted by atomic mass is 10.2. The topological polar surface area (TPSA) is 116 Å². The van der Waals surface area contributed by atoms with Crippen molar-refractivity contribution in [2.24, 2.45) is 0 Å². The van der Waals surface area contributed by atoms with Crippen LogP contribution in [-0.2, 0) is 4.79 Å². The summed E-state index contributed by atoms with van der Waals surface area (Å²) in [6.07, 6.45) is 1.57. The van der Waals surface area contributed by atoms with Gasteiger partial charge >= 0.3 is 0 Å². The van der Waals surface area contributed by atoms with Gasteiger partial charge in [0.2, 0.25) is 0 Å². The third kappa shape index (κ3) is 3.24. The molecule has 0 spiro atoms. The van der Waals surface area contributed by atoms with Crippen molar-refractivity contribution in [1.29, 1.82) is 0 Å². The molecule has 8 nitrogen and oxygen atoms in total. The van der Waals surface area contributed by atoms with Crippen molar-refractivity contribution in [1.82, 2.24) is 0 Å². The van der Waals surface area contributed by atoms with Gasteiger partial charge in [-0.25, -0.2) is 4.90 Å². The minimum absolute atomic E-state index is 0.000157. The van der Waals surface area contributed by atoms with Gasteiger partial charge in [0.15, 0.2) is 0 Å². The Labute approximate surface area is 152 Å². The Balaban J connectivity index is 1.95. The molecule has 2 aromatic carbocycles. The third-order valence-corrected chi connectivity index (χ3v) is 4.54. The Morgan fingerprint density at radius 1 is 1.19 bits per heavy atom. The largest absolute Gasteiger partial charge is 0.497 e. The highest BCUT2D eigenvalue weighted by Crippen LogP contribution is 2.39. The second kappa shape index (κ2) is 6.89. The number of nitro groups is 1. The number of hydrogen-bond donors (Lipinski definition) is 1. The number of carbonyl (C=O) groups excluding carboxylic acids is 2. The highest BCUT2D eigenvalue weighted by molar-refractivity contribution is 8.19. The van der Waals surface area contributed by atoms with Crippen LogP contribution in [0.15, 0.2) is 47.4 Å². The standard InChI is InChI=1S/C17H13N3O5S/c1-25-12-5-2-10(3-6-12)8-15-16(21)19(17(22)26-15)14-9-11(20(23)24)4-7-13(14)18/h2-9H,18H2,1H3. The lowest BCUT2D eigenvalue weighted by Crippen LogP contribution is -2.28. The highest BCUT2D eigenvalue weighted by atomic mass is 32.2. The number of anilines is 2. The van der Waals surface area contributed by atoms with Crippen LogP contribution in [0.2, 0.25) is 0 Å². The molecular formula is C17H13N3O5S. The van der Waals surface area contributed by atoms with Gasteiger partial charge in [0, 0.05) is 12.1 Å². The monoisotopic (exact) mass is 371 g/mol. The van der Waals surface area contributed by atoms with Crippen LogP contribution >= 0.6 is 11.8 Å². The zero-order chi connectivity index (χ0) is 18.8.